The number of aliphatic hydroxyl groups excluding tert-OH is 1. The molecule has 1 unspecified atom stereocenters. The van der Waals surface area contributed by atoms with Gasteiger partial charge in [0.15, 0.2) is 0 Å². The molecule has 0 saturated heterocycles. The number of nitrogens with zero attached hydrogens (tertiary/aromatic N) is 3. The lowest BCUT2D eigenvalue weighted by molar-refractivity contribution is 0.175. The van der Waals surface area contributed by atoms with E-state index in [4.69, 9.17) is 0 Å². The second-order valence-electron chi connectivity index (χ2n) is 4.38. The Labute approximate surface area is 111 Å². The summed E-state index contributed by atoms with van der Waals surface area (Å²) in [4.78, 5) is 0. The Bertz CT molecular complexity index is 512. The van der Waals surface area contributed by atoms with Gasteiger partial charge in [0.1, 0.15) is 18.0 Å². The van der Waals surface area contributed by atoms with Crippen LogP contribution in [0.1, 0.15) is 17.5 Å². The molecule has 1 heterocycles. The van der Waals surface area contributed by atoms with Gasteiger partial charge in [0.2, 0.25) is 0 Å². The predicted octanol–water partition coefficient (Wildman–Crippen LogP) is 0.820. The van der Waals surface area contributed by atoms with Crippen molar-refractivity contribution in [3.63, 3.8) is 0 Å². The molecule has 2 N–H and O–H groups in total. The third-order valence-electron chi connectivity index (χ3n) is 2.92. The molecular formula is C13H17FN4O. The van der Waals surface area contributed by atoms with Crippen molar-refractivity contribution in [1.29, 1.82) is 0 Å². The number of benzene rings is 1. The third kappa shape index (κ3) is 3.84. The number of hydrogen-bond donors (Lipinski definition) is 2. The maximum absolute atomic E-state index is 12.7. The molecule has 0 aliphatic heterocycles. The van der Waals surface area contributed by atoms with Crippen molar-refractivity contribution >= 4 is 0 Å². The lowest BCUT2D eigenvalue weighted by Crippen LogP contribution is -2.24. The molecule has 0 aliphatic rings. The van der Waals surface area contributed by atoms with E-state index in [9.17, 15) is 9.50 Å². The van der Waals surface area contributed by atoms with Crippen LogP contribution in [0.2, 0.25) is 0 Å². The van der Waals surface area contributed by atoms with Gasteiger partial charge in [0.05, 0.1) is 6.10 Å². The summed E-state index contributed by atoms with van der Waals surface area (Å²) in [5, 5.41) is 20.8. The Hall–Kier alpha value is -1.79. The molecule has 19 heavy (non-hydrogen) atoms. The molecule has 1 aromatic carbocycles. The van der Waals surface area contributed by atoms with Gasteiger partial charge in [0, 0.05) is 26.6 Å². The van der Waals surface area contributed by atoms with E-state index in [1.165, 1.54) is 12.1 Å². The molecule has 5 nitrogen and oxygen atoms in total. The molecule has 0 fully saturated rings. The zero-order valence-electron chi connectivity index (χ0n) is 10.8. The zero-order valence-corrected chi connectivity index (χ0v) is 10.8. The molecule has 2 rings (SSSR count). The maximum Gasteiger partial charge on any atom is 0.133 e. The Morgan fingerprint density at radius 3 is 2.74 bits per heavy atom. The van der Waals surface area contributed by atoms with Crippen LogP contribution >= 0.6 is 0 Å². The highest BCUT2D eigenvalue weighted by molar-refractivity contribution is 5.18. The van der Waals surface area contributed by atoms with E-state index < -0.39 is 6.10 Å². The molecule has 0 bridgehead atoms. The second kappa shape index (κ2) is 6.40. The highest BCUT2D eigenvalue weighted by Gasteiger charge is 2.07. The zero-order chi connectivity index (χ0) is 13.7. The van der Waals surface area contributed by atoms with Crippen molar-refractivity contribution in [2.45, 2.75) is 12.5 Å². The summed E-state index contributed by atoms with van der Waals surface area (Å²) in [5.74, 6) is 0.593. The van der Waals surface area contributed by atoms with Crippen LogP contribution in [-0.4, -0.2) is 33.0 Å². The largest absolute Gasteiger partial charge is 0.387 e. The second-order valence-corrected chi connectivity index (χ2v) is 4.38. The maximum atomic E-state index is 12.7. The van der Waals surface area contributed by atoms with Gasteiger partial charge < -0.3 is 15.0 Å². The molecule has 0 spiro atoms. The Kier molecular flexibility index (Phi) is 4.59. The van der Waals surface area contributed by atoms with E-state index in [1.54, 1.807) is 18.5 Å². The molecule has 1 atom stereocenters. The summed E-state index contributed by atoms with van der Waals surface area (Å²) in [6, 6.07) is 5.87. The predicted molar refractivity (Wildman–Crippen MR) is 68.9 cm³/mol. The van der Waals surface area contributed by atoms with Crippen LogP contribution in [0, 0.1) is 5.82 Å². The van der Waals surface area contributed by atoms with Crippen molar-refractivity contribution in [2.75, 3.05) is 13.1 Å². The first-order chi connectivity index (χ1) is 9.16. The lowest BCUT2D eigenvalue weighted by Gasteiger charge is -2.12. The summed E-state index contributed by atoms with van der Waals surface area (Å²) in [7, 11) is 1.89. The van der Waals surface area contributed by atoms with Gasteiger partial charge in [-0.15, -0.1) is 10.2 Å². The smallest absolute Gasteiger partial charge is 0.133 e. The molecule has 0 aliphatic carbocycles. The van der Waals surface area contributed by atoms with Crippen molar-refractivity contribution < 1.29 is 9.50 Å². The fourth-order valence-electron chi connectivity index (χ4n) is 1.78. The van der Waals surface area contributed by atoms with E-state index in [0.29, 0.717) is 18.7 Å². The number of aryl methyl sites for hydroxylation is 1. The van der Waals surface area contributed by atoms with Crippen molar-refractivity contribution in [1.82, 2.24) is 20.1 Å². The molecule has 0 saturated carbocycles. The van der Waals surface area contributed by atoms with E-state index in [2.05, 4.69) is 15.5 Å². The molecule has 0 radical (unpaired) electrons. The van der Waals surface area contributed by atoms with Crippen LogP contribution in [0.5, 0.6) is 0 Å². The van der Waals surface area contributed by atoms with Crippen LogP contribution in [-0.2, 0) is 13.5 Å². The number of rotatable bonds is 6. The van der Waals surface area contributed by atoms with E-state index in [-0.39, 0.29) is 5.82 Å². The fourth-order valence-corrected chi connectivity index (χ4v) is 1.78. The highest BCUT2D eigenvalue weighted by Crippen LogP contribution is 2.12. The minimum atomic E-state index is -0.639. The first-order valence-corrected chi connectivity index (χ1v) is 6.14. The lowest BCUT2D eigenvalue weighted by atomic mass is 10.1. The van der Waals surface area contributed by atoms with E-state index >= 15 is 0 Å². The molecule has 1 aromatic heterocycles. The summed E-state index contributed by atoms with van der Waals surface area (Å²) in [5.41, 5.74) is 0.701. The van der Waals surface area contributed by atoms with Gasteiger partial charge in [-0.2, -0.15) is 0 Å². The molecule has 102 valence electrons. The number of halogens is 1. The topological polar surface area (TPSA) is 63.0 Å². The number of aliphatic hydroxyl groups is 1. The van der Waals surface area contributed by atoms with Crippen molar-refractivity contribution in [3.8, 4) is 0 Å². The van der Waals surface area contributed by atoms with E-state index in [0.717, 1.165) is 12.2 Å². The quantitative estimate of drug-likeness (QED) is 0.758. The monoisotopic (exact) mass is 264 g/mol. The van der Waals surface area contributed by atoms with Gasteiger partial charge >= 0.3 is 0 Å². The van der Waals surface area contributed by atoms with Crippen LogP contribution in [0.4, 0.5) is 4.39 Å². The van der Waals surface area contributed by atoms with Crippen LogP contribution in [0.25, 0.3) is 0 Å². The Balaban J connectivity index is 1.73. The average molecular weight is 264 g/mol. The van der Waals surface area contributed by atoms with Crippen molar-refractivity contribution in [3.05, 3.63) is 47.8 Å². The first kappa shape index (κ1) is 13.6. The van der Waals surface area contributed by atoms with Crippen LogP contribution in [0.3, 0.4) is 0 Å². The Morgan fingerprint density at radius 1 is 1.37 bits per heavy atom. The minimum absolute atomic E-state index is 0.300. The summed E-state index contributed by atoms with van der Waals surface area (Å²) < 4.78 is 14.6. The highest BCUT2D eigenvalue weighted by atomic mass is 19.1. The van der Waals surface area contributed by atoms with Gasteiger partial charge in [0.25, 0.3) is 0 Å². The minimum Gasteiger partial charge on any atom is -0.387 e. The fraction of sp³-hybridized carbons (Fsp3) is 0.385. The standard InChI is InChI=1S/C13H17FN4O/c1-18-9-16-17-13(18)6-7-15-8-12(19)10-2-4-11(14)5-3-10/h2-5,9,12,15,19H,6-8H2,1H3. The molecule has 0 amide bonds. The van der Waals surface area contributed by atoms with Crippen LogP contribution < -0.4 is 5.32 Å². The molecule has 6 heteroatoms. The van der Waals surface area contributed by atoms with Crippen molar-refractivity contribution in [2.24, 2.45) is 7.05 Å². The van der Waals surface area contributed by atoms with E-state index in [1.807, 2.05) is 11.6 Å². The van der Waals surface area contributed by atoms with Gasteiger partial charge in [-0.25, -0.2) is 4.39 Å². The molecule has 2 aromatic rings. The van der Waals surface area contributed by atoms with Gasteiger partial charge in [-0.05, 0) is 17.7 Å². The summed E-state index contributed by atoms with van der Waals surface area (Å²) in [6.45, 7) is 1.12. The van der Waals surface area contributed by atoms with Crippen LogP contribution in [0.15, 0.2) is 30.6 Å². The molecular weight excluding hydrogens is 247 g/mol. The first-order valence-electron chi connectivity index (χ1n) is 6.14. The summed E-state index contributed by atoms with van der Waals surface area (Å²) in [6.07, 6.45) is 1.76. The number of hydrogen-bond acceptors (Lipinski definition) is 4. The Morgan fingerprint density at radius 2 is 2.11 bits per heavy atom. The normalized spacial score (nSPS) is 12.6. The average Bonchev–Trinajstić information content (AvgIpc) is 2.81. The third-order valence-corrected chi connectivity index (χ3v) is 2.92. The van der Waals surface area contributed by atoms with Gasteiger partial charge in [-0.1, -0.05) is 12.1 Å². The number of aromatic nitrogens is 3. The summed E-state index contributed by atoms with van der Waals surface area (Å²) >= 11 is 0. The SMILES string of the molecule is Cn1cnnc1CCNCC(O)c1ccc(F)cc1. The van der Waals surface area contributed by atoms with Gasteiger partial charge in [-0.3, -0.25) is 0 Å². The number of nitrogens with one attached hydrogen (secondary N) is 1.